The fourth-order valence-corrected chi connectivity index (χ4v) is 4.40. The van der Waals surface area contributed by atoms with Crippen LogP contribution in [0.3, 0.4) is 0 Å². The van der Waals surface area contributed by atoms with E-state index in [1.165, 1.54) is 45.6 Å². The molecule has 3 fully saturated rings. The standard InChI is InChI=1S/C21H41N5O2.HI/c1-3-24-13-15-25(16-14-24)12-9-23-21(22-2)26-10-7-19(8-11-26)28-18-20-6-4-5-17-27-20;/h19-20H,3-18H2,1-2H3,(H,22,23);1H. The molecule has 1 atom stereocenters. The van der Waals surface area contributed by atoms with Crippen molar-refractivity contribution in [3.63, 3.8) is 0 Å². The minimum atomic E-state index is 0. The molecule has 3 aliphatic heterocycles. The highest BCUT2D eigenvalue weighted by molar-refractivity contribution is 14.0. The topological polar surface area (TPSA) is 52.6 Å². The van der Waals surface area contributed by atoms with Crippen molar-refractivity contribution in [1.29, 1.82) is 0 Å². The molecule has 7 nitrogen and oxygen atoms in total. The maximum atomic E-state index is 6.14. The molecule has 8 heteroatoms. The molecule has 1 N–H and O–H groups in total. The Morgan fingerprint density at radius 2 is 1.76 bits per heavy atom. The molecule has 0 saturated carbocycles. The molecule has 0 aromatic rings. The van der Waals surface area contributed by atoms with Crippen LogP contribution >= 0.6 is 24.0 Å². The van der Waals surface area contributed by atoms with Gasteiger partial charge in [0.25, 0.3) is 0 Å². The molecule has 170 valence electrons. The maximum Gasteiger partial charge on any atom is 0.193 e. The van der Waals surface area contributed by atoms with Gasteiger partial charge >= 0.3 is 0 Å². The first-order chi connectivity index (χ1) is 13.8. The monoisotopic (exact) mass is 523 g/mol. The summed E-state index contributed by atoms with van der Waals surface area (Å²) in [5, 5.41) is 3.57. The minimum Gasteiger partial charge on any atom is -0.376 e. The third-order valence-electron chi connectivity index (χ3n) is 6.37. The molecular weight excluding hydrogens is 481 g/mol. The van der Waals surface area contributed by atoms with E-state index >= 15 is 0 Å². The fraction of sp³-hybridized carbons (Fsp3) is 0.952. The number of likely N-dealkylation sites (tertiary alicyclic amines) is 1. The van der Waals surface area contributed by atoms with Crippen LogP contribution in [0, 0.1) is 0 Å². The number of rotatable bonds is 7. The lowest BCUT2D eigenvalue weighted by atomic mass is 10.1. The second kappa shape index (κ2) is 14.0. The number of piperazine rings is 1. The fourth-order valence-electron chi connectivity index (χ4n) is 4.40. The summed E-state index contributed by atoms with van der Waals surface area (Å²) in [6.45, 7) is 14.0. The quantitative estimate of drug-likeness (QED) is 0.313. The Kier molecular flexibility index (Phi) is 12.1. The molecule has 0 bridgehead atoms. The van der Waals surface area contributed by atoms with Crippen molar-refractivity contribution in [2.75, 3.05) is 79.2 Å². The lowest BCUT2D eigenvalue weighted by Crippen LogP contribution is -2.51. The number of guanidine groups is 1. The third-order valence-corrected chi connectivity index (χ3v) is 6.37. The van der Waals surface area contributed by atoms with Gasteiger partial charge in [-0.05, 0) is 38.6 Å². The van der Waals surface area contributed by atoms with E-state index in [-0.39, 0.29) is 24.0 Å². The van der Waals surface area contributed by atoms with Gasteiger partial charge < -0.3 is 24.6 Å². The number of nitrogens with zero attached hydrogens (tertiary/aromatic N) is 4. The number of piperidine rings is 1. The predicted octanol–water partition coefficient (Wildman–Crippen LogP) is 1.87. The van der Waals surface area contributed by atoms with Gasteiger partial charge in [0.1, 0.15) is 0 Å². The van der Waals surface area contributed by atoms with E-state index in [1.807, 2.05) is 7.05 Å². The van der Waals surface area contributed by atoms with Gasteiger partial charge in [-0.15, -0.1) is 24.0 Å². The van der Waals surface area contributed by atoms with Gasteiger partial charge in [0.15, 0.2) is 5.96 Å². The highest BCUT2D eigenvalue weighted by Gasteiger charge is 2.24. The van der Waals surface area contributed by atoms with E-state index in [2.05, 4.69) is 31.9 Å². The zero-order valence-electron chi connectivity index (χ0n) is 18.5. The molecule has 0 radical (unpaired) electrons. The molecule has 0 aliphatic carbocycles. The first-order valence-electron chi connectivity index (χ1n) is 11.4. The summed E-state index contributed by atoms with van der Waals surface area (Å²) in [4.78, 5) is 12.0. The lowest BCUT2D eigenvalue weighted by Gasteiger charge is -2.36. The van der Waals surface area contributed by atoms with Crippen molar-refractivity contribution in [1.82, 2.24) is 20.0 Å². The second-order valence-corrected chi connectivity index (χ2v) is 8.26. The van der Waals surface area contributed by atoms with Crippen LogP contribution in [0.25, 0.3) is 0 Å². The van der Waals surface area contributed by atoms with E-state index in [1.54, 1.807) is 0 Å². The van der Waals surface area contributed by atoms with Crippen LogP contribution in [0.2, 0.25) is 0 Å². The summed E-state index contributed by atoms with van der Waals surface area (Å²) in [6.07, 6.45) is 6.48. The first-order valence-corrected chi connectivity index (χ1v) is 11.4. The summed E-state index contributed by atoms with van der Waals surface area (Å²) in [5.74, 6) is 1.04. The van der Waals surface area contributed by atoms with Crippen molar-refractivity contribution in [3.8, 4) is 0 Å². The molecule has 0 aromatic heterocycles. The number of likely N-dealkylation sites (N-methyl/N-ethyl adjacent to an activating group) is 1. The Bertz CT molecular complexity index is 460. The largest absolute Gasteiger partial charge is 0.376 e. The third kappa shape index (κ3) is 8.47. The highest BCUT2D eigenvalue weighted by atomic mass is 127. The summed E-state index contributed by atoms with van der Waals surface area (Å²) >= 11 is 0. The Morgan fingerprint density at radius 1 is 1.03 bits per heavy atom. The van der Waals surface area contributed by atoms with Crippen LogP contribution in [0.1, 0.15) is 39.0 Å². The van der Waals surface area contributed by atoms with Crippen molar-refractivity contribution in [3.05, 3.63) is 0 Å². The molecule has 0 spiro atoms. The average Bonchev–Trinajstić information content (AvgIpc) is 2.77. The molecule has 0 aromatic carbocycles. The van der Waals surface area contributed by atoms with E-state index in [0.29, 0.717) is 12.2 Å². The van der Waals surface area contributed by atoms with Crippen LogP contribution in [0.4, 0.5) is 0 Å². The molecule has 3 saturated heterocycles. The second-order valence-electron chi connectivity index (χ2n) is 8.26. The van der Waals surface area contributed by atoms with Crippen molar-refractivity contribution in [2.24, 2.45) is 4.99 Å². The normalized spacial score (nSPS) is 25.7. The Hall–Kier alpha value is -0.160. The van der Waals surface area contributed by atoms with Gasteiger partial charge in [-0.1, -0.05) is 6.92 Å². The van der Waals surface area contributed by atoms with Gasteiger partial charge in [-0.25, -0.2) is 0 Å². The summed E-state index contributed by atoms with van der Waals surface area (Å²) in [6, 6.07) is 0. The van der Waals surface area contributed by atoms with Gasteiger partial charge in [-0.2, -0.15) is 0 Å². The molecule has 1 unspecified atom stereocenters. The van der Waals surface area contributed by atoms with Crippen LogP contribution in [-0.4, -0.2) is 112 Å². The van der Waals surface area contributed by atoms with Gasteiger partial charge in [-0.3, -0.25) is 9.89 Å². The summed E-state index contributed by atoms with van der Waals surface area (Å²) in [7, 11) is 1.89. The van der Waals surface area contributed by atoms with Crippen LogP contribution in [0.5, 0.6) is 0 Å². The van der Waals surface area contributed by atoms with E-state index < -0.39 is 0 Å². The van der Waals surface area contributed by atoms with Crippen LogP contribution in [-0.2, 0) is 9.47 Å². The van der Waals surface area contributed by atoms with E-state index in [9.17, 15) is 0 Å². The summed E-state index contributed by atoms with van der Waals surface area (Å²) in [5.41, 5.74) is 0. The predicted molar refractivity (Wildman–Crippen MR) is 129 cm³/mol. The molecule has 0 amide bonds. The van der Waals surface area contributed by atoms with E-state index in [0.717, 1.165) is 64.6 Å². The molecular formula is C21H42IN5O2. The Labute approximate surface area is 194 Å². The maximum absolute atomic E-state index is 6.14. The Morgan fingerprint density at radius 3 is 2.38 bits per heavy atom. The van der Waals surface area contributed by atoms with Crippen molar-refractivity contribution < 1.29 is 9.47 Å². The number of halogens is 1. The molecule has 3 heterocycles. The van der Waals surface area contributed by atoms with Gasteiger partial charge in [0.05, 0.1) is 18.8 Å². The highest BCUT2D eigenvalue weighted by Crippen LogP contribution is 2.18. The summed E-state index contributed by atoms with van der Waals surface area (Å²) < 4.78 is 11.9. The number of hydrogen-bond donors (Lipinski definition) is 1. The number of nitrogens with one attached hydrogen (secondary N) is 1. The average molecular weight is 524 g/mol. The zero-order valence-corrected chi connectivity index (χ0v) is 20.8. The van der Waals surface area contributed by atoms with Gasteiger partial charge in [0, 0.05) is 66.0 Å². The minimum absolute atomic E-state index is 0. The number of hydrogen-bond acceptors (Lipinski definition) is 5. The molecule has 3 aliphatic rings. The van der Waals surface area contributed by atoms with E-state index in [4.69, 9.17) is 9.47 Å². The van der Waals surface area contributed by atoms with Crippen molar-refractivity contribution >= 4 is 29.9 Å². The Balaban J connectivity index is 0.00000300. The van der Waals surface area contributed by atoms with Gasteiger partial charge in [0.2, 0.25) is 0 Å². The number of aliphatic imine (C=N–C) groups is 1. The van der Waals surface area contributed by atoms with Crippen LogP contribution < -0.4 is 5.32 Å². The number of ether oxygens (including phenoxy) is 2. The molecule has 29 heavy (non-hydrogen) atoms. The lowest BCUT2D eigenvalue weighted by molar-refractivity contribution is -0.0721. The first kappa shape index (κ1) is 25.1. The zero-order chi connectivity index (χ0) is 19.6. The van der Waals surface area contributed by atoms with Crippen LogP contribution in [0.15, 0.2) is 4.99 Å². The SMILES string of the molecule is CCN1CCN(CCNC(=NC)N2CCC(OCC3CCCCO3)CC2)CC1.I. The van der Waals surface area contributed by atoms with Crippen molar-refractivity contribution in [2.45, 2.75) is 51.2 Å². The molecule has 3 rings (SSSR count). The smallest absolute Gasteiger partial charge is 0.193 e.